The van der Waals surface area contributed by atoms with Gasteiger partial charge in [-0.1, -0.05) is 19.1 Å². The van der Waals surface area contributed by atoms with Gasteiger partial charge in [0.2, 0.25) is 0 Å². The van der Waals surface area contributed by atoms with Crippen LogP contribution in [0.5, 0.6) is 5.75 Å². The number of aliphatic carboxylic acids is 1. The predicted molar refractivity (Wildman–Crippen MR) is 73.9 cm³/mol. The van der Waals surface area contributed by atoms with E-state index in [4.69, 9.17) is 4.74 Å². The summed E-state index contributed by atoms with van der Waals surface area (Å²) in [6.45, 7) is 2.28. The maximum Gasteiger partial charge on any atom is 0.329 e. The number of carboxylic acids is 1. The lowest BCUT2D eigenvalue weighted by molar-refractivity contribution is -0.148. The predicted octanol–water partition coefficient (Wildman–Crippen LogP) is 2.16. The van der Waals surface area contributed by atoms with E-state index >= 15 is 0 Å². The Hall–Kier alpha value is -2.04. The molecule has 20 heavy (non-hydrogen) atoms. The number of likely N-dealkylation sites (tertiary alicyclic amines) is 1. The van der Waals surface area contributed by atoms with Crippen LogP contribution in [0, 0.1) is 0 Å². The Balaban J connectivity index is 2.39. The van der Waals surface area contributed by atoms with Gasteiger partial charge < -0.3 is 14.7 Å². The lowest BCUT2D eigenvalue weighted by Gasteiger charge is -2.34. The van der Waals surface area contributed by atoms with Crippen molar-refractivity contribution in [3.63, 3.8) is 0 Å². The van der Waals surface area contributed by atoms with Gasteiger partial charge in [-0.2, -0.15) is 0 Å². The molecule has 0 bridgehead atoms. The number of carbonyl (C=O) groups excluding carboxylic acids is 1. The number of carbonyl (C=O) groups is 2. The standard InChI is InChI=1S/C15H19NO4/c1-3-15(14(18)19)9-6-10-16(15)13(17)11-7-4-5-8-12(11)20-2/h4-5,7-8H,3,6,9-10H2,1-2H3,(H,18,19). The van der Waals surface area contributed by atoms with Gasteiger partial charge in [0.15, 0.2) is 0 Å². The Morgan fingerprint density at radius 2 is 2.10 bits per heavy atom. The lowest BCUT2D eigenvalue weighted by atomic mass is 9.92. The van der Waals surface area contributed by atoms with Crippen LogP contribution >= 0.6 is 0 Å². The average molecular weight is 277 g/mol. The summed E-state index contributed by atoms with van der Waals surface area (Å²) in [4.78, 5) is 25.8. The van der Waals surface area contributed by atoms with Crippen LogP contribution in [-0.2, 0) is 4.79 Å². The number of carboxylic acid groups (broad SMARTS) is 1. The first-order valence-corrected chi connectivity index (χ1v) is 6.75. The molecule has 1 fully saturated rings. The molecule has 1 unspecified atom stereocenters. The monoisotopic (exact) mass is 277 g/mol. The number of hydrogen-bond acceptors (Lipinski definition) is 3. The number of ether oxygens (including phenoxy) is 1. The van der Waals surface area contributed by atoms with E-state index in [1.807, 2.05) is 6.92 Å². The van der Waals surface area contributed by atoms with Gasteiger partial charge in [-0.25, -0.2) is 4.79 Å². The van der Waals surface area contributed by atoms with Crippen LogP contribution in [-0.4, -0.2) is 41.1 Å². The lowest BCUT2D eigenvalue weighted by Crippen LogP contribution is -2.52. The van der Waals surface area contributed by atoms with E-state index in [2.05, 4.69) is 0 Å². The molecule has 1 N–H and O–H groups in total. The molecule has 1 aliphatic heterocycles. The number of hydrogen-bond donors (Lipinski definition) is 1. The topological polar surface area (TPSA) is 66.8 Å². The van der Waals surface area contributed by atoms with Crippen molar-refractivity contribution >= 4 is 11.9 Å². The maximum absolute atomic E-state index is 12.7. The van der Waals surface area contributed by atoms with Gasteiger partial charge in [-0.05, 0) is 31.4 Å². The molecule has 1 aliphatic rings. The number of para-hydroxylation sites is 1. The summed E-state index contributed by atoms with van der Waals surface area (Å²) in [7, 11) is 1.50. The molecule has 1 amide bonds. The summed E-state index contributed by atoms with van der Waals surface area (Å²) in [5, 5.41) is 9.53. The Bertz CT molecular complexity index is 528. The summed E-state index contributed by atoms with van der Waals surface area (Å²) in [5.74, 6) is -0.732. The van der Waals surface area contributed by atoms with Crippen molar-refractivity contribution in [1.82, 2.24) is 4.90 Å². The van der Waals surface area contributed by atoms with Crippen LogP contribution in [0.3, 0.4) is 0 Å². The zero-order chi connectivity index (χ0) is 14.8. The van der Waals surface area contributed by atoms with Crippen molar-refractivity contribution < 1.29 is 19.4 Å². The quantitative estimate of drug-likeness (QED) is 0.916. The highest BCUT2D eigenvalue weighted by atomic mass is 16.5. The molecule has 1 atom stereocenters. The minimum absolute atomic E-state index is 0.274. The number of benzene rings is 1. The SMILES string of the molecule is CCC1(C(=O)O)CCCN1C(=O)c1ccccc1OC. The summed E-state index contributed by atoms with van der Waals surface area (Å²) >= 11 is 0. The molecule has 0 radical (unpaired) electrons. The molecule has 1 aromatic carbocycles. The van der Waals surface area contributed by atoms with E-state index in [1.54, 1.807) is 24.3 Å². The molecule has 0 saturated carbocycles. The second-order valence-corrected chi connectivity index (χ2v) is 4.95. The molecule has 1 heterocycles. The maximum atomic E-state index is 12.7. The van der Waals surface area contributed by atoms with Crippen LogP contribution in [0.25, 0.3) is 0 Å². The first-order valence-electron chi connectivity index (χ1n) is 6.75. The molecule has 0 aliphatic carbocycles. The molecule has 0 aromatic heterocycles. The third-order valence-corrected chi connectivity index (χ3v) is 4.05. The molecule has 108 valence electrons. The summed E-state index contributed by atoms with van der Waals surface area (Å²) in [6.07, 6.45) is 1.62. The highest BCUT2D eigenvalue weighted by Crippen LogP contribution is 2.35. The Morgan fingerprint density at radius 1 is 1.40 bits per heavy atom. The van der Waals surface area contributed by atoms with E-state index in [0.29, 0.717) is 37.1 Å². The van der Waals surface area contributed by atoms with Gasteiger partial charge in [-0.15, -0.1) is 0 Å². The van der Waals surface area contributed by atoms with Crippen molar-refractivity contribution in [3.05, 3.63) is 29.8 Å². The largest absolute Gasteiger partial charge is 0.496 e. The van der Waals surface area contributed by atoms with Crippen LogP contribution in [0.2, 0.25) is 0 Å². The van der Waals surface area contributed by atoms with Gasteiger partial charge in [0.05, 0.1) is 12.7 Å². The van der Waals surface area contributed by atoms with Gasteiger partial charge in [0, 0.05) is 6.54 Å². The fourth-order valence-corrected chi connectivity index (χ4v) is 2.88. The van der Waals surface area contributed by atoms with E-state index in [9.17, 15) is 14.7 Å². The molecule has 5 heteroatoms. The molecular weight excluding hydrogens is 258 g/mol. The first kappa shape index (κ1) is 14.4. The molecule has 0 spiro atoms. The Labute approximate surface area is 118 Å². The average Bonchev–Trinajstić information content (AvgIpc) is 2.91. The number of methoxy groups -OCH3 is 1. The zero-order valence-electron chi connectivity index (χ0n) is 11.8. The second-order valence-electron chi connectivity index (χ2n) is 4.95. The fourth-order valence-electron chi connectivity index (χ4n) is 2.88. The second kappa shape index (κ2) is 5.53. The zero-order valence-corrected chi connectivity index (χ0v) is 11.8. The number of amides is 1. The van der Waals surface area contributed by atoms with Gasteiger partial charge in [0.25, 0.3) is 5.91 Å². The summed E-state index contributed by atoms with van der Waals surface area (Å²) in [5.41, 5.74) is -0.672. The fraction of sp³-hybridized carbons (Fsp3) is 0.467. The van der Waals surface area contributed by atoms with E-state index in [1.165, 1.54) is 12.0 Å². The van der Waals surface area contributed by atoms with Crippen molar-refractivity contribution in [1.29, 1.82) is 0 Å². The summed E-state index contributed by atoms with van der Waals surface area (Å²) < 4.78 is 5.19. The van der Waals surface area contributed by atoms with Gasteiger partial charge >= 0.3 is 5.97 Å². The smallest absolute Gasteiger partial charge is 0.329 e. The third-order valence-electron chi connectivity index (χ3n) is 4.05. The summed E-state index contributed by atoms with van der Waals surface area (Å²) in [6, 6.07) is 6.91. The Morgan fingerprint density at radius 3 is 2.70 bits per heavy atom. The molecule has 5 nitrogen and oxygen atoms in total. The molecular formula is C15H19NO4. The van der Waals surface area contributed by atoms with Crippen molar-refractivity contribution in [2.24, 2.45) is 0 Å². The molecule has 1 saturated heterocycles. The number of nitrogens with zero attached hydrogens (tertiary/aromatic N) is 1. The van der Waals surface area contributed by atoms with Crippen LogP contribution in [0.4, 0.5) is 0 Å². The van der Waals surface area contributed by atoms with Crippen molar-refractivity contribution in [2.75, 3.05) is 13.7 Å². The van der Waals surface area contributed by atoms with Gasteiger partial charge in [-0.3, -0.25) is 4.79 Å². The van der Waals surface area contributed by atoms with Crippen LogP contribution < -0.4 is 4.74 Å². The van der Waals surface area contributed by atoms with Crippen molar-refractivity contribution in [3.8, 4) is 5.75 Å². The normalized spacial score (nSPS) is 21.8. The van der Waals surface area contributed by atoms with E-state index < -0.39 is 11.5 Å². The molecule has 2 rings (SSSR count). The Kier molecular flexibility index (Phi) is 3.97. The van der Waals surface area contributed by atoms with Crippen molar-refractivity contribution in [2.45, 2.75) is 31.7 Å². The minimum atomic E-state index is -1.09. The van der Waals surface area contributed by atoms with E-state index in [0.717, 1.165) is 0 Å². The third kappa shape index (κ3) is 2.13. The first-order chi connectivity index (χ1) is 9.56. The van der Waals surface area contributed by atoms with E-state index in [-0.39, 0.29) is 5.91 Å². The minimum Gasteiger partial charge on any atom is -0.496 e. The highest BCUT2D eigenvalue weighted by molar-refractivity contribution is 6.00. The van der Waals surface area contributed by atoms with Crippen LogP contribution in [0.15, 0.2) is 24.3 Å². The van der Waals surface area contributed by atoms with Crippen LogP contribution in [0.1, 0.15) is 36.5 Å². The molecule has 1 aromatic rings. The van der Waals surface area contributed by atoms with Gasteiger partial charge in [0.1, 0.15) is 11.3 Å². The number of rotatable bonds is 4. The highest BCUT2D eigenvalue weighted by Gasteiger charge is 2.48.